The Hall–Kier alpha value is -0.760. The first-order valence-electron chi connectivity index (χ1n) is 4.73. The molecule has 3 nitrogen and oxygen atoms in total. The summed E-state index contributed by atoms with van der Waals surface area (Å²) in [4.78, 5) is 6.65. The largest absolute Gasteiger partial charge is 0.378 e. The zero-order valence-corrected chi connectivity index (χ0v) is 9.77. The number of aromatic nitrogens is 1. The first kappa shape index (κ1) is 10.7. The Balaban J connectivity index is 2.05. The van der Waals surface area contributed by atoms with E-state index in [9.17, 15) is 0 Å². The van der Waals surface area contributed by atoms with Crippen LogP contribution in [0.25, 0.3) is 0 Å². The predicted molar refractivity (Wildman–Crippen MR) is 62.7 cm³/mol. The topological polar surface area (TPSA) is 25.4 Å². The van der Waals surface area contributed by atoms with Crippen molar-refractivity contribution < 1.29 is 4.74 Å². The molecule has 80 valence electrons. The molecule has 0 aromatic carbocycles. The van der Waals surface area contributed by atoms with Gasteiger partial charge in [-0.3, -0.25) is 0 Å². The SMILES string of the molecule is ClCC#Cc1csc(N2CCOCC2)n1. The first-order chi connectivity index (χ1) is 7.40. The number of alkyl halides is 1. The molecule has 0 saturated carbocycles. The number of morpholine rings is 1. The summed E-state index contributed by atoms with van der Waals surface area (Å²) < 4.78 is 5.28. The molecule has 1 aromatic rings. The second-order valence-corrected chi connectivity index (χ2v) is 4.15. The van der Waals surface area contributed by atoms with Gasteiger partial charge in [-0.2, -0.15) is 0 Å². The second-order valence-electron chi connectivity index (χ2n) is 3.05. The van der Waals surface area contributed by atoms with Crippen LogP contribution in [0.5, 0.6) is 0 Å². The second kappa shape index (κ2) is 5.36. The molecule has 1 fully saturated rings. The Bertz CT molecular complexity index is 376. The Morgan fingerprint density at radius 1 is 1.53 bits per heavy atom. The van der Waals surface area contributed by atoms with Crippen LogP contribution < -0.4 is 4.90 Å². The number of halogens is 1. The van der Waals surface area contributed by atoms with Crippen molar-refractivity contribution >= 4 is 28.1 Å². The van der Waals surface area contributed by atoms with E-state index in [4.69, 9.17) is 16.3 Å². The minimum absolute atomic E-state index is 0.352. The number of anilines is 1. The summed E-state index contributed by atoms with van der Waals surface area (Å²) >= 11 is 7.10. The van der Waals surface area contributed by atoms with Gasteiger partial charge in [0.25, 0.3) is 0 Å². The summed E-state index contributed by atoms with van der Waals surface area (Å²) in [5, 5.41) is 2.99. The molecule has 1 aromatic heterocycles. The van der Waals surface area contributed by atoms with Gasteiger partial charge >= 0.3 is 0 Å². The van der Waals surface area contributed by atoms with Crippen LogP contribution in [-0.2, 0) is 4.74 Å². The molecule has 1 aliphatic heterocycles. The van der Waals surface area contributed by atoms with Gasteiger partial charge < -0.3 is 9.64 Å². The lowest BCUT2D eigenvalue weighted by Gasteiger charge is -2.25. The molecule has 0 spiro atoms. The number of hydrogen-bond donors (Lipinski definition) is 0. The van der Waals surface area contributed by atoms with Crippen molar-refractivity contribution in [3.8, 4) is 11.8 Å². The summed E-state index contributed by atoms with van der Waals surface area (Å²) in [6.45, 7) is 3.39. The zero-order chi connectivity index (χ0) is 10.5. The summed E-state index contributed by atoms with van der Waals surface area (Å²) in [5.74, 6) is 6.06. The minimum atomic E-state index is 0.352. The van der Waals surface area contributed by atoms with Gasteiger partial charge in [0.05, 0.1) is 19.1 Å². The van der Waals surface area contributed by atoms with Crippen LogP contribution in [-0.4, -0.2) is 37.2 Å². The van der Waals surface area contributed by atoms with Crippen LogP contribution in [0, 0.1) is 11.8 Å². The van der Waals surface area contributed by atoms with E-state index < -0.39 is 0 Å². The Kier molecular flexibility index (Phi) is 3.84. The molecule has 0 aliphatic carbocycles. The molecule has 0 unspecified atom stereocenters. The third kappa shape index (κ3) is 2.85. The van der Waals surface area contributed by atoms with Gasteiger partial charge in [-0.1, -0.05) is 5.92 Å². The Morgan fingerprint density at radius 3 is 3.07 bits per heavy atom. The van der Waals surface area contributed by atoms with Crippen molar-refractivity contribution in [1.82, 2.24) is 4.98 Å². The minimum Gasteiger partial charge on any atom is -0.378 e. The van der Waals surface area contributed by atoms with Crippen LogP contribution in [0.2, 0.25) is 0 Å². The number of ether oxygens (including phenoxy) is 1. The lowest BCUT2D eigenvalue weighted by molar-refractivity contribution is 0.122. The Labute approximate surface area is 98.0 Å². The fourth-order valence-corrected chi connectivity index (χ4v) is 2.22. The molecule has 0 bridgehead atoms. The number of nitrogens with zero attached hydrogens (tertiary/aromatic N) is 2. The number of rotatable bonds is 1. The molecule has 15 heavy (non-hydrogen) atoms. The number of hydrogen-bond acceptors (Lipinski definition) is 4. The van der Waals surface area contributed by atoms with E-state index in [-0.39, 0.29) is 0 Å². The van der Waals surface area contributed by atoms with Crippen molar-refractivity contribution in [2.75, 3.05) is 37.1 Å². The molecule has 1 saturated heterocycles. The van der Waals surface area contributed by atoms with Crippen LogP contribution in [0.15, 0.2) is 5.38 Å². The van der Waals surface area contributed by atoms with Crippen molar-refractivity contribution in [2.24, 2.45) is 0 Å². The highest BCUT2D eigenvalue weighted by Gasteiger charge is 2.13. The molecule has 1 aliphatic rings. The van der Waals surface area contributed by atoms with Gasteiger partial charge in [0.2, 0.25) is 0 Å². The highest BCUT2D eigenvalue weighted by atomic mass is 35.5. The highest BCUT2D eigenvalue weighted by molar-refractivity contribution is 7.13. The maximum absolute atomic E-state index is 5.48. The summed E-state index contributed by atoms with van der Waals surface area (Å²) in [6.07, 6.45) is 0. The molecule has 2 heterocycles. The van der Waals surface area contributed by atoms with E-state index in [1.165, 1.54) is 0 Å². The van der Waals surface area contributed by atoms with Crippen molar-refractivity contribution in [1.29, 1.82) is 0 Å². The van der Waals surface area contributed by atoms with Gasteiger partial charge in [0.1, 0.15) is 5.69 Å². The fourth-order valence-electron chi connectivity index (χ4n) is 1.35. The smallest absolute Gasteiger partial charge is 0.186 e. The van der Waals surface area contributed by atoms with E-state index in [0.717, 1.165) is 37.1 Å². The maximum Gasteiger partial charge on any atom is 0.186 e. The number of thiazole rings is 1. The van der Waals surface area contributed by atoms with E-state index in [1.54, 1.807) is 11.3 Å². The molecule has 0 amide bonds. The average Bonchev–Trinajstić information content (AvgIpc) is 2.76. The summed E-state index contributed by atoms with van der Waals surface area (Å²) in [6, 6.07) is 0. The van der Waals surface area contributed by atoms with E-state index in [1.807, 2.05) is 5.38 Å². The summed E-state index contributed by atoms with van der Waals surface area (Å²) in [7, 11) is 0. The van der Waals surface area contributed by atoms with Crippen LogP contribution in [0.4, 0.5) is 5.13 Å². The third-order valence-electron chi connectivity index (χ3n) is 2.06. The normalized spacial score (nSPS) is 15.9. The van der Waals surface area contributed by atoms with Crippen LogP contribution in [0.3, 0.4) is 0 Å². The van der Waals surface area contributed by atoms with E-state index >= 15 is 0 Å². The predicted octanol–water partition coefficient (Wildman–Crippen LogP) is 1.57. The highest BCUT2D eigenvalue weighted by Crippen LogP contribution is 2.20. The van der Waals surface area contributed by atoms with Crippen molar-refractivity contribution in [3.63, 3.8) is 0 Å². The molecular formula is C10H11ClN2OS. The molecule has 5 heteroatoms. The maximum atomic E-state index is 5.48. The Morgan fingerprint density at radius 2 is 2.33 bits per heavy atom. The van der Waals surface area contributed by atoms with Gasteiger partial charge in [-0.05, 0) is 5.92 Å². The van der Waals surface area contributed by atoms with Crippen LogP contribution in [0.1, 0.15) is 5.69 Å². The standard InChI is InChI=1S/C10H11ClN2OS/c11-3-1-2-9-8-15-10(12-9)13-4-6-14-7-5-13/h8H,3-7H2. The quantitative estimate of drug-likeness (QED) is 0.552. The average molecular weight is 243 g/mol. The van der Waals surface area contributed by atoms with Gasteiger partial charge in [0, 0.05) is 18.5 Å². The zero-order valence-electron chi connectivity index (χ0n) is 8.20. The third-order valence-corrected chi connectivity index (χ3v) is 3.09. The lowest BCUT2D eigenvalue weighted by Crippen LogP contribution is -2.36. The molecule has 0 radical (unpaired) electrons. The van der Waals surface area contributed by atoms with Gasteiger partial charge in [-0.25, -0.2) is 4.98 Å². The van der Waals surface area contributed by atoms with Crippen LogP contribution >= 0.6 is 22.9 Å². The van der Waals surface area contributed by atoms with E-state index in [2.05, 4.69) is 21.7 Å². The van der Waals surface area contributed by atoms with Crippen molar-refractivity contribution in [3.05, 3.63) is 11.1 Å². The molecule has 2 rings (SSSR count). The molecule has 0 atom stereocenters. The fraction of sp³-hybridized carbons (Fsp3) is 0.500. The first-order valence-corrected chi connectivity index (χ1v) is 6.14. The molecular weight excluding hydrogens is 232 g/mol. The van der Waals surface area contributed by atoms with E-state index in [0.29, 0.717) is 5.88 Å². The molecule has 0 N–H and O–H groups in total. The summed E-state index contributed by atoms with van der Waals surface area (Å²) in [5.41, 5.74) is 0.808. The van der Waals surface area contributed by atoms with Crippen molar-refractivity contribution in [2.45, 2.75) is 0 Å². The van der Waals surface area contributed by atoms with Gasteiger partial charge in [-0.15, -0.1) is 22.9 Å². The monoisotopic (exact) mass is 242 g/mol. The lowest BCUT2D eigenvalue weighted by atomic mass is 10.4. The van der Waals surface area contributed by atoms with Gasteiger partial charge in [0.15, 0.2) is 5.13 Å².